The van der Waals surface area contributed by atoms with Gasteiger partial charge in [-0.15, -0.1) is 0 Å². The molecule has 2 N–H and O–H groups in total. The molecule has 0 unspecified atom stereocenters. The van der Waals surface area contributed by atoms with Crippen molar-refractivity contribution in [1.29, 1.82) is 0 Å². The number of carbonyl (C=O) groups is 4. The number of aliphatic hydroxyl groups excluding tert-OH is 1. The fourth-order valence-corrected chi connectivity index (χ4v) is 8.68. The lowest BCUT2D eigenvalue weighted by Gasteiger charge is -2.36. The Bertz CT molecular complexity index is 1700. The second-order valence-corrected chi connectivity index (χ2v) is 14.7. The summed E-state index contributed by atoms with van der Waals surface area (Å²) in [5, 5.41) is 12.5. The SMILES string of the molecule is COC[C@@H]1NC(=O)CC/C=C\CN(c2cc(C)ccc2C)C(=O)[C@H]2N(CCCCCO)C(=O)[C@@H]3[C@@H](C(=O)O[C@H]1c1ccccc1)[C@@H]1O[C@@]32C=C1Br. The van der Waals surface area contributed by atoms with Crippen molar-refractivity contribution in [1.82, 2.24) is 10.2 Å². The van der Waals surface area contributed by atoms with Gasteiger partial charge in [-0.25, -0.2) is 0 Å². The smallest absolute Gasteiger partial charge is 0.313 e. The number of aliphatic hydroxyl groups is 1. The number of allylic oxidation sites excluding steroid dienone is 1. The molecule has 7 atom stereocenters. The van der Waals surface area contributed by atoms with E-state index < -0.39 is 47.7 Å². The summed E-state index contributed by atoms with van der Waals surface area (Å²) in [6.45, 7) is 4.43. The largest absolute Gasteiger partial charge is 0.455 e. The third-order valence-electron chi connectivity index (χ3n) is 10.3. The minimum Gasteiger partial charge on any atom is -0.455 e. The van der Waals surface area contributed by atoms with E-state index in [9.17, 15) is 19.5 Å². The highest BCUT2D eigenvalue weighted by Crippen LogP contribution is 2.59. The number of esters is 1. The number of halogens is 1. The molecule has 5 bridgehead atoms. The molecule has 2 fully saturated rings. The topological polar surface area (TPSA) is 135 Å². The molecule has 0 aromatic heterocycles. The molecule has 4 aliphatic rings. The molecule has 11 nitrogen and oxygen atoms in total. The van der Waals surface area contributed by atoms with E-state index in [0.717, 1.165) is 11.1 Å². The Morgan fingerprint density at radius 2 is 1.78 bits per heavy atom. The monoisotopic (exact) mass is 763 g/mol. The predicted octanol–water partition coefficient (Wildman–Crippen LogP) is 4.44. The third kappa shape index (κ3) is 7.16. The molecule has 272 valence electrons. The third-order valence-corrected chi connectivity index (χ3v) is 11.0. The lowest BCUT2D eigenvalue weighted by molar-refractivity contribution is -0.162. The summed E-state index contributed by atoms with van der Waals surface area (Å²) in [6.07, 6.45) is 6.11. The van der Waals surface area contributed by atoms with E-state index in [-0.39, 0.29) is 50.4 Å². The fourth-order valence-electron chi connectivity index (χ4n) is 7.95. The molecule has 4 heterocycles. The Kier molecular flexibility index (Phi) is 11.5. The second-order valence-electron chi connectivity index (χ2n) is 13.8. The highest BCUT2D eigenvalue weighted by molar-refractivity contribution is 9.11. The number of cyclic esters (lactones) is 1. The summed E-state index contributed by atoms with van der Waals surface area (Å²) >= 11 is 3.63. The Labute approximate surface area is 307 Å². The van der Waals surface area contributed by atoms with E-state index in [0.29, 0.717) is 41.4 Å². The zero-order valence-corrected chi connectivity index (χ0v) is 30.8. The van der Waals surface area contributed by atoms with Gasteiger partial charge in [-0.05, 0) is 68.4 Å². The molecule has 0 saturated carbocycles. The van der Waals surface area contributed by atoms with Gasteiger partial charge < -0.3 is 34.4 Å². The van der Waals surface area contributed by atoms with E-state index in [4.69, 9.17) is 14.2 Å². The number of likely N-dealkylation sites (tertiary alicyclic amines) is 1. The van der Waals surface area contributed by atoms with Gasteiger partial charge in [0.25, 0.3) is 5.91 Å². The molecule has 4 aliphatic heterocycles. The number of fused-ring (bicyclic) bond motifs is 2. The van der Waals surface area contributed by atoms with Crippen LogP contribution in [0.1, 0.15) is 54.9 Å². The Morgan fingerprint density at radius 1 is 1.00 bits per heavy atom. The number of nitrogens with one attached hydrogen (secondary N) is 1. The number of nitrogens with zero attached hydrogens (tertiary/aromatic N) is 2. The number of unbranched alkanes of at least 4 members (excludes halogenated alkanes) is 2. The molecule has 2 aromatic rings. The molecule has 1 spiro atoms. The van der Waals surface area contributed by atoms with Crippen molar-refractivity contribution in [2.45, 2.75) is 75.8 Å². The van der Waals surface area contributed by atoms with E-state index in [1.807, 2.05) is 74.5 Å². The van der Waals surface area contributed by atoms with E-state index in [1.165, 1.54) is 7.11 Å². The summed E-state index contributed by atoms with van der Waals surface area (Å²) in [5.74, 6) is -3.69. The number of hydrogen-bond donors (Lipinski definition) is 2. The van der Waals surface area contributed by atoms with Crippen LogP contribution >= 0.6 is 15.9 Å². The van der Waals surface area contributed by atoms with Crippen LogP contribution < -0.4 is 10.2 Å². The van der Waals surface area contributed by atoms with Crippen molar-refractivity contribution < 1.29 is 38.5 Å². The van der Waals surface area contributed by atoms with Gasteiger partial charge in [0.05, 0.1) is 18.6 Å². The molecule has 6 rings (SSSR count). The summed E-state index contributed by atoms with van der Waals surface area (Å²) in [7, 11) is 1.52. The molecule has 0 aliphatic carbocycles. The van der Waals surface area contributed by atoms with Crippen LogP contribution in [0.3, 0.4) is 0 Å². The Hall–Kier alpha value is -3.84. The van der Waals surface area contributed by atoms with Crippen LogP contribution in [0.5, 0.6) is 0 Å². The lowest BCUT2D eigenvalue weighted by Crippen LogP contribution is -2.56. The van der Waals surface area contributed by atoms with Crippen LogP contribution in [-0.2, 0) is 33.4 Å². The van der Waals surface area contributed by atoms with Crippen molar-refractivity contribution in [3.8, 4) is 0 Å². The molecule has 3 amide bonds. The minimum absolute atomic E-state index is 0.0249. The van der Waals surface area contributed by atoms with Crippen LogP contribution in [0, 0.1) is 25.7 Å². The number of aryl methyl sites for hydroxylation is 2. The lowest BCUT2D eigenvalue weighted by atomic mass is 9.74. The maximum atomic E-state index is 15.2. The van der Waals surface area contributed by atoms with Gasteiger partial charge in [-0.1, -0.05) is 70.5 Å². The van der Waals surface area contributed by atoms with Crippen molar-refractivity contribution in [2.24, 2.45) is 11.8 Å². The fraction of sp³-hybridized carbons (Fsp3) is 0.487. The number of rotatable bonds is 9. The van der Waals surface area contributed by atoms with Gasteiger partial charge >= 0.3 is 5.97 Å². The number of methoxy groups -OCH3 is 1. The zero-order chi connectivity index (χ0) is 36.3. The maximum Gasteiger partial charge on any atom is 0.313 e. The summed E-state index contributed by atoms with van der Waals surface area (Å²) < 4.78 is 19.1. The van der Waals surface area contributed by atoms with E-state index >= 15 is 4.79 Å². The average molecular weight is 765 g/mol. The van der Waals surface area contributed by atoms with Gasteiger partial charge in [0.1, 0.15) is 29.8 Å². The normalized spacial score (nSPS) is 30.3. The van der Waals surface area contributed by atoms with Crippen LogP contribution in [-0.4, -0.2) is 90.9 Å². The van der Waals surface area contributed by atoms with Crippen molar-refractivity contribution in [3.05, 3.63) is 87.9 Å². The molecule has 2 aromatic carbocycles. The summed E-state index contributed by atoms with van der Waals surface area (Å²) in [5.41, 5.74) is 1.77. The van der Waals surface area contributed by atoms with Crippen LogP contribution in [0.4, 0.5) is 5.69 Å². The maximum absolute atomic E-state index is 15.2. The highest BCUT2D eigenvalue weighted by atomic mass is 79.9. The quantitative estimate of drug-likeness (QED) is 0.218. The Balaban J connectivity index is 1.48. The van der Waals surface area contributed by atoms with Gasteiger partial charge in [0.15, 0.2) is 0 Å². The highest BCUT2D eigenvalue weighted by Gasteiger charge is 2.75. The number of hydrogen-bond acceptors (Lipinski definition) is 8. The summed E-state index contributed by atoms with van der Waals surface area (Å²) in [6, 6.07) is 13.2. The van der Waals surface area contributed by atoms with Crippen LogP contribution in [0.2, 0.25) is 0 Å². The number of benzene rings is 2. The van der Waals surface area contributed by atoms with Crippen molar-refractivity contribution >= 4 is 45.3 Å². The number of ether oxygens (including phenoxy) is 3. The second kappa shape index (κ2) is 15.8. The molecule has 51 heavy (non-hydrogen) atoms. The Morgan fingerprint density at radius 3 is 2.53 bits per heavy atom. The zero-order valence-electron chi connectivity index (χ0n) is 29.3. The van der Waals surface area contributed by atoms with E-state index in [1.54, 1.807) is 15.9 Å². The first-order valence-electron chi connectivity index (χ1n) is 17.7. The average Bonchev–Trinajstić information content (AvgIpc) is 3.71. The van der Waals surface area contributed by atoms with E-state index in [2.05, 4.69) is 21.2 Å². The summed E-state index contributed by atoms with van der Waals surface area (Å²) in [4.78, 5) is 60.9. The molecule has 2 saturated heterocycles. The standard InChI is InChI=1S/C39H46BrN3O8/c1-24-16-17-25(2)29(21-24)42-18-10-5-9-15-30(45)41-28(23-49-3)33(26-13-7-4-8-14-26)50-38(48)31-32-36(46)43(19-11-6-12-20-44)35(37(42)47)39(32)22-27(40)34(31)51-39/h4-5,7-8,10,13-14,16-17,21-22,28,31-35,44H,6,9,11-12,15,18-20,23H2,1-3H3,(H,41,45)/b10-5-/t28-,31+,32-,33-,34+,35+,39-/m0/s1. The van der Waals surface area contributed by atoms with Gasteiger partial charge in [-0.2, -0.15) is 0 Å². The first-order valence-corrected chi connectivity index (χ1v) is 18.4. The first-order chi connectivity index (χ1) is 24.6. The van der Waals surface area contributed by atoms with Gasteiger partial charge in [-0.3, -0.25) is 19.2 Å². The van der Waals surface area contributed by atoms with Gasteiger partial charge in [0.2, 0.25) is 11.8 Å². The molecule has 0 radical (unpaired) electrons. The molecular formula is C39H46BrN3O8. The predicted molar refractivity (Wildman–Crippen MR) is 194 cm³/mol. The van der Waals surface area contributed by atoms with Crippen molar-refractivity contribution in [3.63, 3.8) is 0 Å². The van der Waals surface area contributed by atoms with Gasteiger partial charge in [0, 0.05) is 43.4 Å². The number of carbonyl (C=O) groups excluding carboxylic acids is 4. The molecular weight excluding hydrogens is 718 g/mol. The van der Waals surface area contributed by atoms with Crippen molar-refractivity contribution in [2.75, 3.05) is 38.3 Å². The minimum atomic E-state index is -1.44. The van der Waals surface area contributed by atoms with Crippen LogP contribution in [0.25, 0.3) is 0 Å². The number of amides is 3. The first kappa shape index (κ1) is 36.9. The molecule has 12 heteroatoms. The number of anilines is 1. The van der Waals surface area contributed by atoms with Crippen LogP contribution in [0.15, 0.2) is 71.2 Å².